The highest BCUT2D eigenvalue weighted by atomic mass is 79.9. The highest BCUT2D eigenvalue weighted by Crippen LogP contribution is 2.27. The topological polar surface area (TPSA) is 3.24 Å². The second kappa shape index (κ2) is 6.83. The lowest BCUT2D eigenvalue weighted by atomic mass is 9.85. The summed E-state index contributed by atoms with van der Waals surface area (Å²) in [6.07, 6.45) is 7.11. The maximum Gasteiger partial charge on any atom is 0.00317 e. The minimum atomic E-state index is 1.03. The Bertz CT molecular complexity index is 123. The van der Waals surface area contributed by atoms with Crippen LogP contribution in [0.15, 0.2) is 0 Å². The van der Waals surface area contributed by atoms with E-state index in [0.717, 1.165) is 11.2 Å². The van der Waals surface area contributed by atoms with Gasteiger partial charge < -0.3 is 4.90 Å². The highest BCUT2D eigenvalue weighted by Gasteiger charge is 2.19. The van der Waals surface area contributed by atoms with Gasteiger partial charge in [0.05, 0.1) is 0 Å². The van der Waals surface area contributed by atoms with Gasteiger partial charge in [0.15, 0.2) is 0 Å². The molecular weight excluding hydrogens is 226 g/mol. The van der Waals surface area contributed by atoms with E-state index in [-0.39, 0.29) is 0 Å². The molecule has 1 rings (SSSR count). The van der Waals surface area contributed by atoms with Gasteiger partial charge >= 0.3 is 0 Å². The van der Waals surface area contributed by atoms with Gasteiger partial charge in [-0.05, 0) is 44.7 Å². The fourth-order valence-corrected chi connectivity index (χ4v) is 2.25. The number of rotatable bonds is 7. The van der Waals surface area contributed by atoms with Crippen molar-refractivity contribution < 1.29 is 0 Å². The van der Waals surface area contributed by atoms with Crippen LogP contribution in [0.3, 0.4) is 0 Å². The number of alkyl halides is 1. The molecule has 0 radical (unpaired) electrons. The standard InChI is InChI=1S/C11H22BrN/c1-2-13(9-4-3-8-12)10-11-6-5-7-11/h11H,2-10H2,1H3. The number of halogens is 1. The van der Waals surface area contributed by atoms with E-state index in [1.54, 1.807) is 0 Å². The van der Waals surface area contributed by atoms with Crippen molar-refractivity contribution in [2.45, 2.75) is 39.0 Å². The molecule has 13 heavy (non-hydrogen) atoms. The average molecular weight is 248 g/mol. The normalized spacial score (nSPS) is 17.8. The molecule has 1 aliphatic carbocycles. The molecule has 0 bridgehead atoms. The molecular formula is C11H22BrN. The molecule has 0 spiro atoms. The van der Waals surface area contributed by atoms with E-state index in [1.165, 1.54) is 51.7 Å². The molecule has 1 saturated carbocycles. The highest BCUT2D eigenvalue weighted by molar-refractivity contribution is 9.09. The monoisotopic (exact) mass is 247 g/mol. The summed E-state index contributed by atoms with van der Waals surface area (Å²) in [5.41, 5.74) is 0. The Morgan fingerprint density at radius 3 is 2.54 bits per heavy atom. The average Bonchev–Trinajstić information content (AvgIpc) is 2.08. The summed E-state index contributed by atoms with van der Waals surface area (Å²) in [6, 6.07) is 0. The largest absolute Gasteiger partial charge is 0.303 e. The first-order chi connectivity index (χ1) is 6.36. The van der Waals surface area contributed by atoms with Gasteiger partial charge in [0.2, 0.25) is 0 Å². The van der Waals surface area contributed by atoms with Crippen molar-refractivity contribution in [3.63, 3.8) is 0 Å². The van der Waals surface area contributed by atoms with Gasteiger partial charge in [-0.1, -0.05) is 29.3 Å². The van der Waals surface area contributed by atoms with Gasteiger partial charge in [0.25, 0.3) is 0 Å². The van der Waals surface area contributed by atoms with E-state index in [9.17, 15) is 0 Å². The van der Waals surface area contributed by atoms with Crippen LogP contribution in [0.25, 0.3) is 0 Å². The van der Waals surface area contributed by atoms with Gasteiger partial charge in [0, 0.05) is 11.9 Å². The van der Waals surface area contributed by atoms with E-state index in [0.29, 0.717) is 0 Å². The Morgan fingerprint density at radius 2 is 2.08 bits per heavy atom. The first-order valence-corrected chi connectivity index (χ1v) is 6.77. The van der Waals surface area contributed by atoms with Crippen molar-refractivity contribution in [3.05, 3.63) is 0 Å². The minimum absolute atomic E-state index is 1.03. The number of nitrogens with zero attached hydrogens (tertiary/aromatic N) is 1. The molecule has 78 valence electrons. The first kappa shape index (κ1) is 11.5. The molecule has 0 amide bonds. The van der Waals surface area contributed by atoms with Crippen LogP contribution < -0.4 is 0 Å². The van der Waals surface area contributed by atoms with E-state index in [4.69, 9.17) is 0 Å². The molecule has 0 aromatic carbocycles. The molecule has 2 heteroatoms. The summed E-state index contributed by atoms with van der Waals surface area (Å²) in [5, 5.41) is 1.16. The van der Waals surface area contributed by atoms with Gasteiger partial charge in [-0.3, -0.25) is 0 Å². The van der Waals surface area contributed by atoms with Crippen molar-refractivity contribution >= 4 is 15.9 Å². The summed E-state index contributed by atoms with van der Waals surface area (Å²) >= 11 is 3.48. The third-order valence-corrected chi connectivity index (χ3v) is 3.61. The molecule has 0 heterocycles. The lowest BCUT2D eigenvalue weighted by Crippen LogP contribution is -2.33. The van der Waals surface area contributed by atoms with Crippen molar-refractivity contribution in [2.75, 3.05) is 25.0 Å². The van der Waals surface area contributed by atoms with Crippen LogP contribution in [0.4, 0.5) is 0 Å². The molecule has 0 saturated heterocycles. The van der Waals surface area contributed by atoms with E-state index < -0.39 is 0 Å². The Morgan fingerprint density at radius 1 is 1.31 bits per heavy atom. The zero-order valence-electron chi connectivity index (χ0n) is 8.77. The maximum absolute atomic E-state index is 3.48. The van der Waals surface area contributed by atoms with Crippen LogP contribution in [0.5, 0.6) is 0 Å². The second-order valence-corrected chi connectivity index (χ2v) is 4.88. The summed E-state index contributed by atoms with van der Waals surface area (Å²) in [5.74, 6) is 1.03. The number of hydrogen-bond acceptors (Lipinski definition) is 1. The van der Waals surface area contributed by atoms with Crippen LogP contribution in [0.1, 0.15) is 39.0 Å². The fraction of sp³-hybridized carbons (Fsp3) is 1.00. The third-order valence-electron chi connectivity index (χ3n) is 3.05. The van der Waals surface area contributed by atoms with Crippen molar-refractivity contribution in [3.8, 4) is 0 Å². The fourth-order valence-electron chi connectivity index (χ4n) is 1.85. The molecule has 0 aliphatic heterocycles. The summed E-state index contributed by atoms with van der Waals surface area (Å²) in [7, 11) is 0. The van der Waals surface area contributed by atoms with Crippen LogP contribution >= 0.6 is 15.9 Å². The van der Waals surface area contributed by atoms with Crippen molar-refractivity contribution in [1.82, 2.24) is 4.90 Å². The van der Waals surface area contributed by atoms with Gasteiger partial charge in [-0.15, -0.1) is 0 Å². The minimum Gasteiger partial charge on any atom is -0.303 e. The molecule has 1 fully saturated rings. The number of hydrogen-bond donors (Lipinski definition) is 0. The van der Waals surface area contributed by atoms with Crippen molar-refractivity contribution in [2.24, 2.45) is 5.92 Å². The molecule has 0 unspecified atom stereocenters. The molecule has 0 aromatic rings. The maximum atomic E-state index is 3.48. The predicted molar refractivity (Wildman–Crippen MR) is 62.5 cm³/mol. The summed E-state index contributed by atoms with van der Waals surface area (Å²) in [4.78, 5) is 2.62. The molecule has 0 aromatic heterocycles. The first-order valence-electron chi connectivity index (χ1n) is 5.65. The lowest BCUT2D eigenvalue weighted by molar-refractivity contribution is 0.182. The molecule has 0 N–H and O–H groups in total. The van der Waals surface area contributed by atoms with Crippen LogP contribution in [0.2, 0.25) is 0 Å². The lowest BCUT2D eigenvalue weighted by Gasteiger charge is -2.31. The van der Waals surface area contributed by atoms with E-state index in [2.05, 4.69) is 27.8 Å². The summed E-state index contributed by atoms with van der Waals surface area (Å²) in [6.45, 7) is 6.18. The quantitative estimate of drug-likeness (QED) is 0.493. The Kier molecular flexibility index (Phi) is 6.05. The zero-order chi connectivity index (χ0) is 9.52. The van der Waals surface area contributed by atoms with Crippen LogP contribution in [0, 0.1) is 5.92 Å². The molecule has 0 atom stereocenters. The Balaban J connectivity index is 2.03. The molecule has 1 nitrogen and oxygen atoms in total. The Hall–Kier alpha value is 0.440. The predicted octanol–water partition coefficient (Wildman–Crippen LogP) is 3.28. The van der Waals surface area contributed by atoms with Gasteiger partial charge in [-0.25, -0.2) is 0 Å². The van der Waals surface area contributed by atoms with Gasteiger partial charge in [-0.2, -0.15) is 0 Å². The van der Waals surface area contributed by atoms with Crippen LogP contribution in [-0.2, 0) is 0 Å². The van der Waals surface area contributed by atoms with Crippen molar-refractivity contribution in [1.29, 1.82) is 0 Å². The second-order valence-electron chi connectivity index (χ2n) is 4.09. The van der Waals surface area contributed by atoms with Crippen LogP contribution in [-0.4, -0.2) is 29.9 Å². The van der Waals surface area contributed by atoms with E-state index >= 15 is 0 Å². The van der Waals surface area contributed by atoms with E-state index in [1.807, 2.05) is 0 Å². The molecule has 1 aliphatic rings. The third kappa shape index (κ3) is 4.46. The summed E-state index contributed by atoms with van der Waals surface area (Å²) < 4.78 is 0. The zero-order valence-corrected chi connectivity index (χ0v) is 10.4. The van der Waals surface area contributed by atoms with Gasteiger partial charge in [0.1, 0.15) is 0 Å². The number of unbranched alkanes of at least 4 members (excludes halogenated alkanes) is 1. The Labute approximate surface area is 91.0 Å². The SMILES string of the molecule is CCN(CCCCBr)CC1CCC1. The smallest absolute Gasteiger partial charge is 0.00317 e.